The zero-order valence-corrected chi connectivity index (χ0v) is 31.5. The normalized spacial score (nSPS) is 21.0. The minimum atomic E-state index is -0.468. The third-order valence-corrected chi connectivity index (χ3v) is 11.4. The fourth-order valence-corrected chi connectivity index (χ4v) is 8.16. The molecule has 2 saturated heterocycles. The van der Waals surface area contributed by atoms with E-state index < -0.39 is 6.04 Å². The molecule has 2 aliphatic heterocycles. The minimum absolute atomic E-state index is 0.226. The number of benzene rings is 1. The first kappa shape index (κ1) is 36.6. The molecule has 3 amide bonds. The molecule has 1 saturated carbocycles. The van der Waals surface area contributed by atoms with E-state index in [0.29, 0.717) is 59.2 Å². The summed E-state index contributed by atoms with van der Waals surface area (Å²) in [6, 6.07) is 15.6. The van der Waals surface area contributed by atoms with E-state index in [1.165, 1.54) is 12.6 Å². The summed E-state index contributed by atoms with van der Waals surface area (Å²) in [7, 11) is 0. The smallest absolute Gasteiger partial charge is 0.328 e. The lowest BCUT2D eigenvalue weighted by Gasteiger charge is -2.42. The third kappa shape index (κ3) is 7.61. The number of piperazine rings is 1. The molecule has 0 spiro atoms. The molecule has 16 heteroatoms. The third-order valence-electron chi connectivity index (χ3n) is 11.4. The van der Waals surface area contributed by atoms with E-state index in [2.05, 4.69) is 77.0 Å². The number of hydrogen-bond donors (Lipinski definition) is 2. The van der Waals surface area contributed by atoms with Crippen LogP contribution >= 0.6 is 0 Å². The Hall–Kier alpha value is -6.39. The lowest BCUT2D eigenvalue weighted by atomic mass is 9.79. The van der Waals surface area contributed by atoms with Gasteiger partial charge in [-0.2, -0.15) is 20.3 Å². The molecule has 2 N–H and O–H groups in total. The van der Waals surface area contributed by atoms with Gasteiger partial charge in [-0.15, -0.1) is 5.10 Å². The second-order valence-electron chi connectivity index (χ2n) is 15.1. The number of imide groups is 1. The summed E-state index contributed by atoms with van der Waals surface area (Å²) in [6.45, 7) is 8.51. The molecule has 16 nitrogen and oxygen atoms in total. The Morgan fingerprint density at radius 2 is 1.79 bits per heavy atom. The molecule has 286 valence electrons. The fourth-order valence-electron chi connectivity index (χ4n) is 8.16. The Bertz CT molecular complexity index is 2310. The van der Waals surface area contributed by atoms with Crippen molar-refractivity contribution in [1.82, 2.24) is 45.0 Å². The van der Waals surface area contributed by atoms with Crippen LogP contribution in [0, 0.1) is 28.6 Å². The molecule has 4 aromatic heterocycles. The highest BCUT2D eigenvalue weighted by Crippen LogP contribution is 2.37. The summed E-state index contributed by atoms with van der Waals surface area (Å²) < 4.78 is 3.34. The van der Waals surface area contributed by atoms with Gasteiger partial charge >= 0.3 is 6.03 Å². The second-order valence-corrected chi connectivity index (χ2v) is 15.1. The molecule has 0 unspecified atom stereocenters. The summed E-state index contributed by atoms with van der Waals surface area (Å²) in [5.74, 6) is 1.30. The largest absolute Gasteiger partial charge is 0.369 e. The minimum Gasteiger partial charge on any atom is -0.369 e. The number of pyridine rings is 2. The Balaban J connectivity index is 0.848. The highest BCUT2D eigenvalue weighted by molar-refractivity contribution is 6.05. The molecule has 8 rings (SSSR count). The molecule has 3 aliphatic rings. The molecular formula is C40H44N14O2. The van der Waals surface area contributed by atoms with Crippen LogP contribution in [0.4, 0.5) is 21.9 Å². The van der Waals surface area contributed by atoms with Crippen LogP contribution < -0.4 is 20.4 Å². The summed E-state index contributed by atoms with van der Waals surface area (Å²) in [6.07, 6.45) is 12.8. The fraction of sp³-hybridized carbons (Fsp3) is 0.425. The van der Waals surface area contributed by atoms with E-state index in [4.69, 9.17) is 0 Å². The van der Waals surface area contributed by atoms with Crippen molar-refractivity contribution in [3.8, 4) is 23.6 Å². The van der Waals surface area contributed by atoms with Gasteiger partial charge in [0.2, 0.25) is 5.91 Å². The van der Waals surface area contributed by atoms with Crippen molar-refractivity contribution >= 4 is 40.0 Å². The van der Waals surface area contributed by atoms with Crippen LogP contribution in [0.2, 0.25) is 0 Å². The number of urea groups is 1. The van der Waals surface area contributed by atoms with E-state index in [0.717, 1.165) is 74.3 Å². The SMILES string of the molecule is C[C@H](C#N)Nc1cc(-n2ncc3cc(C#N)cnc32)ncc1-n1cc(C2CCC(CCN3CCN(c4ccc(N5CCC(=O)NC5=O)cc4)C[C@H]3C)CC2)nn1. The zero-order valence-electron chi connectivity index (χ0n) is 31.5. The van der Waals surface area contributed by atoms with Gasteiger partial charge in [0.25, 0.3) is 0 Å². The van der Waals surface area contributed by atoms with Gasteiger partial charge in [-0.05, 0) is 88.7 Å². The number of nitrogens with one attached hydrogen (secondary N) is 2. The number of fused-ring (bicyclic) bond motifs is 1. The lowest BCUT2D eigenvalue weighted by Crippen LogP contribution is -2.52. The molecule has 0 radical (unpaired) electrons. The molecule has 1 aromatic carbocycles. The topological polar surface area (TPSA) is 190 Å². The highest BCUT2D eigenvalue weighted by atomic mass is 16.2. The zero-order chi connectivity index (χ0) is 38.8. The van der Waals surface area contributed by atoms with Gasteiger partial charge in [-0.3, -0.25) is 19.9 Å². The van der Waals surface area contributed by atoms with Gasteiger partial charge < -0.3 is 10.2 Å². The Morgan fingerprint density at radius 1 is 0.982 bits per heavy atom. The number of carbonyl (C=O) groups is 2. The van der Waals surface area contributed by atoms with Crippen molar-refractivity contribution in [3.05, 3.63) is 72.4 Å². The number of anilines is 3. The van der Waals surface area contributed by atoms with Crippen LogP contribution in [0.15, 0.2) is 61.2 Å². The average molecular weight is 753 g/mol. The van der Waals surface area contributed by atoms with E-state index in [1.54, 1.807) is 39.6 Å². The summed E-state index contributed by atoms with van der Waals surface area (Å²) >= 11 is 0. The first-order valence-corrected chi connectivity index (χ1v) is 19.3. The average Bonchev–Trinajstić information content (AvgIpc) is 3.88. The van der Waals surface area contributed by atoms with E-state index >= 15 is 0 Å². The molecule has 2 atom stereocenters. The number of amides is 3. The highest BCUT2D eigenvalue weighted by Gasteiger charge is 2.29. The van der Waals surface area contributed by atoms with Crippen molar-refractivity contribution in [2.24, 2.45) is 5.92 Å². The van der Waals surface area contributed by atoms with E-state index in [9.17, 15) is 20.1 Å². The van der Waals surface area contributed by atoms with Gasteiger partial charge in [0.1, 0.15) is 17.8 Å². The number of carbonyl (C=O) groups excluding carboxylic acids is 2. The van der Waals surface area contributed by atoms with Crippen molar-refractivity contribution in [3.63, 3.8) is 0 Å². The van der Waals surface area contributed by atoms with E-state index in [-0.39, 0.29) is 11.9 Å². The first-order chi connectivity index (χ1) is 27.3. The number of hydrogen-bond acceptors (Lipinski definition) is 12. The maximum atomic E-state index is 12.3. The van der Waals surface area contributed by atoms with Crippen molar-refractivity contribution in [2.45, 2.75) is 70.4 Å². The monoisotopic (exact) mass is 752 g/mol. The van der Waals surface area contributed by atoms with Crippen LogP contribution in [-0.4, -0.2) is 96.4 Å². The first-order valence-electron chi connectivity index (χ1n) is 19.3. The Labute approximate surface area is 324 Å². The Kier molecular flexibility index (Phi) is 10.3. The molecule has 1 aliphatic carbocycles. The predicted octanol–water partition coefficient (Wildman–Crippen LogP) is 4.91. The van der Waals surface area contributed by atoms with Crippen molar-refractivity contribution in [1.29, 1.82) is 10.5 Å². The van der Waals surface area contributed by atoms with Crippen molar-refractivity contribution < 1.29 is 9.59 Å². The van der Waals surface area contributed by atoms with Gasteiger partial charge in [0, 0.05) is 73.6 Å². The molecule has 3 fully saturated rings. The standard InChI is InChI=1S/C40H44N14O2/c1-26(19-41)46-34-18-37(54-39-31(22-45-54)17-29(20-42)21-44-39)43-23-36(34)53-25-35(48-49-53)30-5-3-28(4-6-30)11-13-50-15-16-51(24-27(50)2)32-7-9-33(10-8-32)52-14-12-38(55)47-40(52)56/h7-10,17-18,21-23,25-28,30H,3-6,11-16,24H2,1-2H3,(H,43,46)(H,47,55,56)/t26-,27-,28?,30?/m1/s1. The van der Waals surface area contributed by atoms with Crippen LogP contribution in [-0.2, 0) is 4.79 Å². The summed E-state index contributed by atoms with van der Waals surface area (Å²) in [5, 5.41) is 38.8. The summed E-state index contributed by atoms with van der Waals surface area (Å²) in [4.78, 5) is 39.5. The van der Waals surface area contributed by atoms with Gasteiger partial charge in [-0.25, -0.2) is 19.4 Å². The second kappa shape index (κ2) is 15.8. The molecule has 5 aromatic rings. The van der Waals surface area contributed by atoms with Crippen LogP contribution in [0.5, 0.6) is 0 Å². The molecular weight excluding hydrogens is 709 g/mol. The molecule has 56 heavy (non-hydrogen) atoms. The maximum absolute atomic E-state index is 12.3. The van der Waals surface area contributed by atoms with Crippen LogP contribution in [0.3, 0.4) is 0 Å². The van der Waals surface area contributed by atoms with Crippen molar-refractivity contribution in [2.75, 3.05) is 47.8 Å². The summed E-state index contributed by atoms with van der Waals surface area (Å²) in [5.41, 5.74) is 5.29. The lowest BCUT2D eigenvalue weighted by molar-refractivity contribution is -0.120. The van der Waals surface area contributed by atoms with Gasteiger partial charge in [0.05, 0.1) is 41.6 Å². The molecule has 6 heterocycles. The molecule has 0 bridgehead atoms. The number of aromatic nitrogens is 7. The van der Waals surface area contributed by atoms with Crippen LogP contribution in [0.25, 0.3) is 22.5 Å². The number of nitriles is 2. The van der Waals surface area contributed by atoms with Gasteiger partial charge in [-0.1, -0.05) is 5.21 Å². The number of rotatable bonds is 10. The Morgan fingerprint density at radius 3 is 2.54 bits per heavy atom. The van der Waals surface area contributed by atoms with Gasteiger partial charge in [0.15, 0.2) is 11.5 Å². The number of nitrogens with zero attached hydrogens (tertiary/aromatic N) is 12. The van der Waals surface area contributed by atoms with Crippen LogP contribution in [0.1, 0.15) is 69.5 Å². The maximum Gasteiger partial charge on any atom is 0.328 e. The predicted molar refractivity (Wildman–Crippen MR) is 209 cm³/mol. The van der Waals surface area contributed by atoms with E-state index in [1.807, 2.05) is 24.4 Å². The quantitative estimate of drug-likeness (QED) is 0.196.